The summed E-state index contributed by atoms with van der Waals surface area (Å²) in [4.78, 5) is 0. The summed E-state index contributed by atoms with van der Waals surface area (Å²) < 4.78 is 0.967. The van der Waals surface area contributed by atoms with Gasteiger partial charge in [-0.1, -0.05) is 15.9 Å². The molecular formula is C12H16BrNO. The SMILES string of the molecule is Cc1cc(Br)c(C)c(O)c1C1(CN)CC1. The van der Waals surface area contributed by atoms with E-state index in [9.17, 15) is 5.11 Å². The Labute approximate surface area is 98.6 Å². The summed E-state index contributed by atoms with van der Waals surface area (Å²) in [6.45, 7) is 4.59. The third-order valence-corrected chi connectivity index (χ3v) is 4.29. The molecule has 1 aliphatic rings. The molecule has 0 atom stereocenters. The molecule has 0 heterocycles. The van der Waals surface area contributed by atoms with Crippen LogP contribution >= 0.6 is 15.9 Å². The number of hydrogen-bond donors (Lipinski definition) is 2. The number of nitrogens with two attached hydrogens (primary N) is 1. The first-order valence-corrected chi connectivity index (χ1v) is 6.00. The predicted molar refractivity (Wildman–Crippen MR) is 65.2 cm³/mol. The van der Waals surface area contributed by atoms with Crippen LogP contribution in [-0.4, -0.2) is 11.7 Å². The van der Waals surface area contributed by atoms with Crippen molar-refractivity contribution in [1.82, 2.24) is 0 Å². The summed E-state index contributed by atoms with van der Waals surface area (Å²) in [5, 5.41) is 10.2. The minimum atomic E-state index is 0.0552. The summed E-state index contributed by atoms with van der Waals surface area (Å²) in [7, 11) is 0. The Morgan fingerprint density at radius 3 is 2.53 bits per heavy atom. The minimum Gasteiger partial charge on any atom is -0.507 e. The van der Waals surface area contributed by atoms with E-state index in [1.165, 1.54) is 0 Å². The highest BCUT2D eigenvalue weighted by Gasteiger charge is 2.46. The van der Waals surface area contributed by atoms with E-state index in [-0.39, 0.29) is 5.41 Å². The third-order valence-electron chi connectivity index (χ3n) is 3.46. The number of halogens is 1. The van der Waals surface area contributed by atoms with Crippen molar-refractivity contribution in [3.8, 4) is 5.75 Å². The summed E-state index contributed by atoms with van der Waals surface area (Å²) >= 11 is 3.45. The molecule has 15 heavy (non-hydrogen) atoms. The Bertz CT molecular complexity index is 411. The Balaban J connectivity index is 2.62. The lowest BCUT2D eigenvalue weighted by atomic mass is 9.89. The molecule has 1 saturated carbocycles. The summed E-state index contributed by atoms with van der Waals surface area (Å²) in [5.74, 6) is 0.421. The Morgan fingerprint density at radius 1 is 1.47 bits per heavy atom. The van der Waals surface area contributed by atoms with Crippen LogP contribution < -0.4 is 5.73 Å². The molecule has 3 heteroatoms. The van der Waals surface area contributed by atoms with Gasteiger partial charge in [0.2, 0.25) is 0 Å². The zero-order chi connectivity index (χ0) is 11.2. The van der Waals surface area contributed by atoms with Crippen LogP contribution in [0.2, 0.25) is 0 Å². The maximum absolute atomic E-state index is 10.2. The van der Waals surface area contributed by atoms with Crippen LogP contribution in [0.25, 0.3) is 0 Å². The maximum atomic E-state index is 10.2. The van der Waals surface area contributed by atoms with E-state index < -0.39 is 0 Å². The van der Waals surface area contributed by atoms with E-state index in [1.807, 2.05) is 13.8 Å². The first-order valence-electron chi connectivity index (χ1n) is 5.21. The first-order chi connectivity index (χ1) is 7.02. The Kier molecular flexibility index (Phi) is 2.55. The van der Waals surface area contributed by atoms with E-state index in [4.69, 9.17) is 5.73 Å². The van der Waals surface area contributed by atoms with Gasteiger partial charge in [-0.15, -0.1) is 0 Å². The van der Waals surface area contributed by atoms with Gasteiger partial charge in [-0.3, -0.25) is 0 Å². The summed E-state index contributed by atoms with van der Waals surface area (Å²) in [6, 6.07) is 2.07. The lowest BCUT2D eigenvalue weighted by Crippen LogP contribution is -2.21. The molecule has 0 amide bonds. The molecule has 0 aromatic heterocycles. The van der Waals surface area contributed by atoms with E-state index in [0.717, 1.165) is 34.0 Å². The van der Waals surface area contributed by atoms with Crippen molar-refractivity contribution in [2.24, 2.45) is 5.73 Å². The zero-order valence-electron chi connectivity index (χ0n) is 9.10. The van der Waals surface area contributed by atoms with Gasteiger partial charge >= 0.3 is 0 Å². The molecule has 82 valence electrons. The van der Waals surface area contributed by atoms with Gasteiger partial charge in [0.15, 0.2) is 0 Å². The molecule has 1 aliphatic carbocycles. The number of aromatic hydroxyl groups is 1. The fourth-order valence-corrected chi connectivity index (χ4v) is 2.77. The van der Waals surface area contributed by atoms with Gasteiger partial charge in [-0.2, -0.15) is 0 Å². The highest BCUT2D eigenvalue weighted by atomic mass is 79.9. The molecule has 0 aliphatic heterocycles. The Morgan fingerprint density at radius 2 is 2.07 bits per heavy atom. The maximum Gasteiger partial charge on any atom is 0.123 e. The molecule has 1 fully saturated rings. The van der Waals surface area contributed by atoms with Gasteiger partial charge in [0, 0.05) is 27.6 Å². The second-order valence-electron chi connectivity index (χ2n) is 4.51. The van der Waals surface area contributed by atoms with Gasteiger partial charge in [0.25, 0.3) is 0 Å². The molecule has 0 saturated heterocycles. The second-order valence-corrected chi connectivity index (χ2v) is 5.36. The van der Waals surface area contributed by atoms with E-state index in [0.29, 0.717) is 12.3 Å². The smallest absolute Gasteiger partial charge is 0.123 e. The van der Waals surface area contributed by atoms with Crippen molar-refractivity contribution in [2.45, 2.75) is 32.1 Å². The number of benzene rings is 1. The standard InChI is InChI=1S/C12H16BrNO/c1-7-5-9(13)8(2)11(15)10(7)12(6-14)3-4-12/h5,15H,3-4,6,14H2,1-2H3. The van der Waals surface area contributed by atoms with Gasteiger partial charge in [-0.25, -0.2) is 0 Å². The summed E-state index contributed by atoms with van der Waals surface area (Å²) in [6.07, 6.45) is 2.19. The number of rotatable bonds is 2. The number of phenols is 1. The van der Waals surface area contributed by atoms with Crippen LogP contribution in [0.1, 0.15) is 29.5 Å². The van der Waals surface area contributed by atoms with Crippen LogP contribution in [0.3, 0.4) is 0 Å². The first kappa shape index (κ1) is 11.0. The molecule has 2 nitrogen and oxygen atoms in total. The fourth-order valence-electron chi connectivity index (χ4n) is 2.23. The molecular weight excluding hydrogens is 254 g/mol. The average Bonchev–Trinajstić information content (AvgIpc) is 2.96. The van der Waals surface area contributed by atoms with Gasteiger partial charge in [0.1, 0.15) is 5.75 Å². The molecule has 3 N–H and O–H groups in total. The number of aryl methyl sites for hydroxylation is 1. The van der Waals surface area contributed by atoms with Crippen LogP contribution in [-0.2, 0) is 5.41 Å². The van der Waals surface area contributed by atoms with Crippen LogP contribution in [0, 0.1) is 13.8 Å². The topological polar surface area (TPSA) is 46.2 Å². The molecule has 1 aromatic rings. The fraction of sp³-hybridized carbons (Fsp3) is 0.500. The van der Waals surface area contributed by atoms with E-state index in [2.05, 4.69) is 22.0 Å². The van der Waals surface area contributed by atoms with E-state index in [1.54, 1.807) is 0 Å². The number of phenolic OH excluding ortho intramolecular Hbond substituents is 1. The molecule has 0 bridgehead atoms. The van der Waals surface area contributed by atoms with Gasteiger partial charge < -0.3 is 10.8 Å². The van der Waals surface area contributed by atoms with Crippen LogP contribution in [0.5, 0.6) is 5.75 Å². The third kappa shape index (κ3) is 1.58. The molecule has 0 spiro atoms. The van der Waals surface area contributed by atoms with Crippen LogP contribution in [0.4, 0.5) is 0 Å². The summed E-state index contributed by atoms with van der Waals surface area (Å²) in [5.41, 5.74) is 8.96. The minimum absolute atomic E-state index is 0.0552. The largest absolute Gasteiger partial charge is 0.507 e. The van der Waals surface area contributed by atoms with Crippen LogP contribution in [0.15, 0.2) is 10.5 Å². The van der Waals surface area contributed by atoms with E-state index >= 15 is 0 Å². The molecule has 2 rings (SSSR count). The second kappa shape index (κ2) is 3.49. The van der Waals surface area contributed by atoms with Gasteiger partial charge in [-0.05, 0) is 38.3 Å². The van der Waals surface area contributed by atoms with Gasteiger partial charge in [0.05, 0.1) is 0 Å². The lowest BCUT2D eigenvalue weighted by Gasteiger charge is -2.20. The number of hydrogen-bond acceptors (Lipinski definition) is 2. The van der Waals surface area contributed by atoms with Crippen molar-refractivity contribution < 1.29 is 5.11 Å². The normalized spacial score (nSPS) is 17.9. The monoisotopic (exact) mass is 269 g/mol. The highest BCUT2D eigenvalue weighted by molar-refractivity contribution is 9.10. The average molecular weight is 270 g/mol. The molecule has 0 unspecified atom stereocenters. The van der Waals surface area contributed by atoms with Crippen molar-refractivity contribution in [3.63, 3.8) is 0 Å². The van der Waals surface area contributed by atoms with Crippen molar-refractivity contribution in [1.29, 1.82) is 0 Å². The molecule has 1 aromatic carbocycles. The van der Waals surface area contributed by atoms with Crippen molar-refractivity contribution in [3.05, 3.63) is 27.2 Å². The predicted octanol–water partition coefficient (Wildman–Crippen LogP) is 2.76. The lowest BCUT2D eigenvalue weighted by molar-refractivity contribution is 0.453. The van der Waals surface area contributed by atoms with Crippen molar-refractivity contribution in [2.75, 3.05) is 6.54 Å². The molecule has 0 radical (unpaired) electrons. The highest BCUT2D eigenvalue weighted by Crippen LogP contribution is 2.52. The van der Waals surface area contributed by atoms with Crippen molar-refractivity contribution >= 4 is 15.9 Å². The quantitative estimate of drug-likeness (QED) is 0.868. The Hall–Kier alpha value is -0.540. The zero-order valence-corrected chi connectivity index (χ0v) is 10.7.